The quantitative estimate of drug-likeness (QED) is 0.898. The third-order valence-corrected chi connectivity index (χ3v) is 3.68. The zero-order valence-electron chi connectivity index (χ0n) is 10.9. The van der Waals surface area contributed by atoms with Gasteiger partial charge in [0.05, 0.1) is 12.1 Å². The molecule has 0 fully saturated rings. The summed E-state index contributed by atoms with van der Waals surface area (Å²) in [5.74, 6) is 0. The van der Waals surface area contributed by atoms with Gasteiger partial charge in [-0.1, -0.05) is 18.2 Å². The van der Waals surface area contributed by atoms with E-state index in [1.54, 1.807) is 7.11 Å². The molecule has 0 unspecified atom stereocenters. The molecule has 3 rings (SSSR count). The Morgan fingerprint density at radius 3 is 3.00 bits per heavy atom. The van der Waals surface area contributed by atoms with E-state index in [9.17, 15) is 0 Å². The topological polar surface area (TPSA) is 34.2 Å². The number of fused-ring (bicyclic) bond motifs is 2. The SMILES string of the molecule is CNc1c2c(nc3c(COC)cccc13)CCC2. The van der Waals surface area contributed by atoms with Crippen molar-refractivity contribution >= 4 is 16.6 Å². The highest BCUT2D eigenvalue weighted by Gasteiger charge is 2.19. The first-order valence-electron chi connectivity index (χ1n) is 6.45. The molecule has 1 heterocycles. The molecular formula is C15H18N2O. The Hall–Kier alpha value is -1.61. The lowest BCUT2D eigenvalue weighted by molar-refractivity contribution is 0.186. The lowest BCUT2D eigenvalue weighted by atomic mass is 10.0. The maximum Gasteiger partial charge on any atom is 0.0781 e. The summed E-state index contributed by atoms with van der Waals surface area (Å²) >= 11 is 0. The first-order chi connectivity index (χ1) is 8.85. The average molecular weight is 242 g/mol. The maximum absolute atomic E-state index is 5.27. The summed E-state index contributed by atoms with van der Waals surface area (Å²) in [7, 11) is 3.72. The van der Waals surface area contributed by atoms with Gasteiger partial charge in [-0.3, -0.25) is 4.98 Å². The Labute approximate surface area is 107 Å². The first kappa shape index (κ1) is 11.5. The Bertz CT molecular complexity index is 593. The summed E-state index contributed by atoms with van der Waals surface area (Å²) in [6.45, 7) is 0.617. The number of methoxy groups -OCH3 is 1. The van der Waals surface area contributed by atoms with Crippen molar-refractivity contribution in [2.45, 2.75) is 25.9 Å². The van der Waals surface area contributed by atoms with Crippen molar-refractivity contribution in [3.05, 3.63) is 35.0 Å². The Balaban J connectivity index is 2.31. The molecule has 0 saturated heterocycles. The number of benzene rings is 1. The van der Waals surface area contributed by atoms with Gasteiger partial charge < -0.3 is 10.1 Å². The van der Waals surface area contributed by atoms with Crippen LogP contribution in [0.3, 0.4) is 0 Å². The molecular weight excluding hydrogens is 224 g/mol. The number of pyridine rings is 1. The van der Waals surface area contributed by atoms with Crippen LogP contribution in [0, 0.1) is 0 Å². The van der Waals surface area contributed by atoms with Gasteiger partial charge in [-0.15, -0.1) is 0 Å². The maximum atomic E-state index is 5.27. The Morgan fingerprint density at radius 1 is 1.33 bits per heavy atom. The van der Waals surface area contributed by atoms with E-state index in [0.717, 1.165) is 18.4 Å². The molecule has 0 radical (unpaired) electrons. The molecule has 18 heavy (non-hydrogen) atoms. The van der Waals surface area contributed by atoms with Crippen LogP contribution in [-0.4, -0.2) is 19.1 Å². The fourth-order valence-electron chi connectivity index (χ4n) is 2.90. The van der Waals surface area contributed by atoms with Crippen LogP contribution in [0.2, 0.25) is 0 Å². The van der Waals surface area contributed by atoms with Crippen LogP contribution >= 0.6 is 0 Å². The Kier molecular flexibility index (Phi) is 2.92. The first-order valence-corrected chi connectivity index (χ1v) is 6.45. The second-order valence-electron chi connectivity index (χ2n) is 4.76. The van der Waals surface area contributed by atoms with E-state index in [0.29, 0.717) is 6.61 Å². The average Bonchev–Trinajstić information content (AvgIpc) is 2.85. The minimum absolute atomic E-state index is 0.617. The molecule has 1 aliphatic rings. The second-order valence-corrected chi connectivity index (χ2v) is 4.76. The van der Waals surface area contributed by atoms with Crippen molar-refractivity contribution in [2.24, 2.45) is 0 Å². The smallest absolute Gasteiger partial charge is 0.0781 e. The molecule has 0 spiro atoms. The van der Waals surface area contributed by atoms with Crippen LogP contribution in [0.1, 0.15) is 23.2 Å². The summed E-state index contributed by atoms with van der Waals surface area (Å²) in [6, 6.07) is 6.33. The molecule has 0 aliphatic heterocycles. The van der Waals surface area contributed by atoms with Crippen LogP contribution in [0.5, 0.6) is 0 Å². The van der Waals surface area contributed by atoms with Crippen LogP contribution in [0.4, 0.5) is 5.69 Å². The molecule has 1 aliphatic carbocycles. The summed E-state index contributed by atoms with van der Waals surface area (Å²) in [4.78, 5) is 4.86. The number of anilines is 1. The molecule has 3 nitrogen and oxygen atoms in total. The molecule has 2 aromatic rings. The van der Waals surface area contributed by atoms with Gasteiger partial charge in [0, 0.05) is 36.5 Å². The predicted octanol–water partition coefficient (Wildman–Crippen LogP) is 2.91. The van der Waals surface area contributed by atoms with Gasteiger partial charge in [0.15, 0.2) is 0 Å². The number of aryl methyl sites for hydroxylation is 1. The van der Waals surface area contributed by atoms with Crippen molar-refractivity contribution in [3.63, 3.8) is 0 Å². The summed E-state index contributed by atoms with van der Waals surface area (Å²) < 4.78 is 5.27. The number of rotatable bonds is 3. The lowest BCUT2D eigenvalue weighted by Gasteiger charge is -2.14. The van der Waals surface area contributed by atoms with E-state index in [2.05, 4.69) is 23.5 Å². The number of nitrogens with zero attached hydrogens (tertiary/aromatic N) is 1. The van der Waals surface area contributed by atoms with Crippen LogP contribution in [-0.2, 0) is 24.2 Å². The standard InChI is InChI=1S/C15H18N2O/c1-16-15-11-6-4-8-13(11)17-14-10(9-18-2)5-3-7-12(14)15/h3,5,7H,4,6,8-9H2,1-2H3,(H,16,17). The highest BCUT2D eigenvalue weighted by atomic mass is 16.5. The van der Waals surface area contributed by atoms with Gasteiger partial charge >= 0.3 is 0 Å². The van der Waals surface area contributed by atoms with Crippen molar-refractivity contribution in [1.29, 1.82) is 0 Å². The normalized spacial score (nSPS) is 13.9. The summed E-state index contributed by atoms with van der Waals surface area (Å²) in [6.07, 6.45) is 3.46. The highest BCUT2D eigenvalue weighted by molar-refractivity contribution is 5.95. The fourth-order valence-corrected chi connectivity index (χ4v) is 2.90. The van der Waals surface area contributed by atoms with Gasteiger partial charge in [-0.05, 0) is 24.8 Å². The molecule has 1 N–H and O–H groups in total. The largest absolute Gasteiger partial charge is 0.387 e. The zero-order chi connectivity index (χ0) is 12.5. The number of aromatic nitrogens is 1. The highest BCUT2D eigenvalue weighted by Crippen LogP contribution is 2.34. The third kappa shape index (κ3) is 1.66. The van der Waals surface area contributed by atoms with Gasteiger partial charge in [0.2, 0.25) is 0 Å². The van der Waals surface area contributed by atoms with E-state index in [4.69, 9.17) is 9.72 Å². The number of para-hydroxylation sites is 1. The van der Waals surface area contributed by atoms with Crippen molar-refractivity contribution in [1.82, 2.24) is 4.98 Å². The van der Waals surface area contributed by atoms with Crippen molar-refractivity contribution < 1.29 is 4.74 Å². The minimum Gasteiger partial charge on any atom is -0.387 e. The summed E-state index contributed by atoms with van der Waals surface area (Å²) in [5.41, 5.74) is 6.17. The van der Waals surface area contributed by atoms with Crippen molar-refractivity contribution in [3.8, 4) is 0 Å². The molecule has 0 amide bonds. The minimum atomic E-state index is 0.617. The number of ether oxygens (including phenoxy) is 1. The van der Waals surface area contributed by atoms with Gasteiger partial charge in [0.1, 0.15) is 0 Å². The van der Waals surface area contributed by atoms with Crippen LogP contribution in [0.15, 0.2) is 18.2 Å². The molecule has 3 heteroatoms. The Morgan fingerprint density at radius 2 is 2.22 bits per heavy atom. The number of hydrogen-bond acceptors (Lipinski definition) is 3. The third-order valence-electron chi connectivity index (χ3n) is 3.68. The molecule has 0 saturated carbocycles. The predicted molar refractivity (Wildman–Crippen MR) is 74.0 cm³/mol. The van der Waals surface area contributed by atoms with Gasteiger partial charge in [0.25, 0.3) is 0 Å². The molecule has 0 bridgehead atoms. The second kappa shape index (κ2) is 4.58. The monoisotopic (exact) mass is 242 g/mol. The molecule has 1 aromatic heterocycles. The number of nitrogens with one attached hydrogen (secondary N) is 1. The fraction of sp³-hybridized carbons (Fsp3) is 0.400. The summed E-state index contributed by atoms with van der Waals surface area (Å²) in [5, 5.41) is 4.57. The molecule has 94 valence electrons. The van der Waals surface area contributed by atoms with E-state index in [-0.39, 0.29) is 0 Å². The van der Waals surface area contributed by atoms with Crippen molar-refractivity contribution in [2.75, 3.05) is 19.5 Å². The van der Waals surface area contributed by atoms with Crippen LogP contribution in [0.25, 0.3) is 10.9 Å². The number of hydrogen-bond donors (Lipinski definition) is 1. The molecule has 1 aromatic carbocycles. The van der Waals surface area contributed by atoms with E-state index < -0.39 is 0 Å². The molecule has 0 atom stereocenters. The lowest BCUT2D eigenvalue weighted by Crippen LogP contribution is -2.01. The van der Waals surface area contributed by atoms with Gasteiger partial charge in [-0.25, -0.2) is 0 Å². The van der Waals surface area contributed by atoms with E-state index in [1.807, 2.05) is 7.05 Å². The van der Waals surface area contributed by atoms with Crippen LogP contribution < -0.4 is 5.32 Å². The van der Waals surface area contributed by atoms with E-state index in [1.165, 1.54) is 34.3 Å². The zero-order valence-corrected chi connectivity index (χ0v) is 10.9. The van der Waals surface area contributed by atoms with Gasteiger partial charge in [-0.2, -0.15) is 0 Å². The van der Waals surface area contributed by atoms with E-state index >= 15 is 0 Å².